The van der Waals surface area contributed by atoms with E-state index in [1.807, 2.05) is 6.92 Å². The third kappa shape index (κ3) is 5.09. The van der Waals surface area contributed by atoms with Gasteiger partial charge in [0, 0.05) is 12.0 Å². The molecule has 0 saturated carbocycles. The van der Waals surface area contributed by atoms with E-state index >= 15 is 0 Å². The van der Waals surface area contributed by atoms with Crippen LogP contribution in [0.1, 0.15) is 69.9 Å². The number of aliphatic hydroxyl groups is 1. The lowest BCUT2D eigenvalue weighted by molar-refractivity contribution is -0.158. The molecule has 1 atom stereocenters. The Balaban J connectivity index is 2.21. The number of halogens is 3. The van der Waals surface area contributed by atoms with E-state index in [-0.39, 0.29) is 12.0 Å². The molecule has 150 valence electrons. The molecule has 0 unspecified atom stereocenters. The van der Waals surface area contributed by atoms with Crippen LogP contribution < -0.4 is 0 Å². The van der Waals surface area contributed by atoms with Crippen LogP contribution in [0.2, 0.25) is 0 Å². The molecule has 0 aliphatic carbocycles. The molecule has 7 heteroatoms. The molecule has 2 rings (SSSR count). The van der Waals surface area contributed by atoms with Gasteiger partial charge in [0.2, 0.25) is 5.91 Å². The zero-order valence-corrected chi connectivity index (χ0v) is 15.9. The Morgan fingerprint density at radius 1 is 1.15 bits per heavy atom. The highest BCUT2D eigenvalue weighted by atomic mass is 19.4. The molecule has 0 saturated heterocycles. The van der Waals surface area contributed by atoms with Gasteiger partial charge in [-0.15, -0.1) is 0 Å². The number of unbranched alkanes of at least 4 members (excludes halogenated alkanes) is 4. The molecule has 4 nitrogen and oxygen atoms in total. The number of aryl methyl sites for hydroxylation is 1. The van der Waals surface area contributed by atoms with Crippen molar-refractivity contribution in [3.05, 3.63) is 35.4 Å². The highest BCUT2D eigenvalue weighted by Crippen LogP contribution is 2.40. The van der Waals surface area contributed by atoms with Crippen molar-refractivity contribution >= 4 is 11.6 Å². The Hall–Kier alpha value is -1.89. The summed E-state index contributed by atoms with van der Waals surface area (Å²) in [7, 11) is 0. The lowest BCUT2D eigenvalue weighted by Gasteiger charge is -2.31. The molecule has 0 spiro atoms. The molecule has 1 heterocycles. The van der Waals surface area contributed by atoms with E-state index in [1.165, 1.54) is 0 Å². The summed E-state index contributed by atoms with van der Waals surface area (Å²) in [4.78, 5) is 12.6. The van der Waals surface area contributed by atoms with Crippen molar-refractivity contribution in [1.82, 2.24) is 5.01 Å². The average Bonchev–Trinajstić information content (AvgIpc) is 3.01. The second-order valence-corrected chi connectivity index (χ2v) is 6.96. The van der Waals surface area contributed by atoms with E-state index in [0.717, 1.165) is 37.7 Å². The number of amides is 1. The van der Waals surface area contributed by atoms with Gasteiger partial charge in [-0.3, -0.25) is 4.79 Å². The quantitative estimate of drug-likeness (QED) is 0.648. The molecule has 1 aromatic carbocycles. The minimum absolute atomic E-state index is 0.0632. The number of hydrogen-bond donors (Lipinski definition) is 1. The molecule has 0 aromatic heterocycles. The molecule has 0 fully saturated rings. The number of nitrogens with zero attached hydrogens (tertiary/aromatic N) is 2. The van der Waals surface area contributed by atoms with Crippen LogP contribution in [-0.4, -0.2) is 27.9 Å². The summed E-state index contributed by atoms with van der Waals surface area (Å²) in [5, 5.41) is 15.1. The van der Waals surface area contributed by atoms with Crippen LogP contribution in [-0.2, 0) is 16.9 Å². The molecular weight excluding hydrogens is 357 g/mol. The van der Waals surface area contributed by atoms with Crippen LogP contribution in [0.3, 0.4) is 0 Å². The van der Waals surface area contributed by atoms with Crippen molar-refractivity contribution < 1.29 is 23.1 Å². The van der Waals surface area contributed by atoms with Gasteiger partial charge in [-0.2, -0.15) is 23.3 Å². The van der Waals surface area contributed by atoms with E-state index in [0.29, 0.717) is 11.4 Å². The number of alkyl halides is 3. The largest absolute Gasteiger partial charge is 0.431 e. The molecule has 1 aliphatic rings. The van der Waals surface area contributed by atoms with Crippen molar-refractivity contribution in [3.63, 3.8) is 0 Å². The molecular formula is C20H27F3N2O2. The second kappa shape index (κ2) is 8.87. The minimum atomic E-state index is -4.69. The number of hydrogen-bond acceptors (Lipinski definition) is 3. The van der Waals surface area contributed by atoms with Crippen molar-refractivity contribution in [1.29, 1.82) is 0 Å². The lowest BCUT2D eigenvalue weighted by atomic mass is 9.95. The molecule has 1 N–H and O–H groups in total. The zero-order valence-electron chi connectivity index (χ0n) is 15.9. The summed E-state index contributed by atoms with van der Waals surface area (Å²) in [6.45, 7) is 4.03. The number of rotatable bonds is 8. The predicted molar refractivity (Wildman–Crippen MR) is 98.0 cm³/mol. The van der Waals surface area contributed by atoms with Crippen molar-refractivity contribution in [3.8, 4) is 0 Å². The van der Waals surface area contributed by atoms with Crippen LogP contribution in [0.4, 0.5) is 13.2 Å². The average molecular weight is 384 g/mol. The second-order valence-electron chi connectivity index (χ2n) is 6.96. The maximum absolute atomic E-state index is 13.2. The molecule has 1 aromatic rings. The maximum Gasteiger partial charge on any atom is 0.431 e. The molecule has 1 aliphatic heterocycles. The first-order valence-corrected chi connectivity index (χ1v) is 9.52. The topological polar surface area (TPSA) is 52.9 Å². The first kappa shape index (κ1) is 21.4. The first-order chi connectivity index (χ1) is 12.7. The zero-order chi connectivity index (χ0) is 20.1. The normalized spacial score (nSPS) is 20.1. The van der Waals surface area contributed by atoms with E-state index < -0.39 is 29.9 Å². The predicted octanol–water partition coefficient (Wildman–Crippen LogP) is 4.91. The van der Waals surface area contributed by atoms with Gasteiger partial charge in [0.25, 0.3) is 0 Å². The maximum atomic E-state index is 13.2. The summed E-state index contributed by atoms with van der Waals surface area (Å²) in [5.41, 5.74) is -2.01. The third-order valence-corrected chi connectivity index (χ3v) is 4.87. The SMILES string of the molecule is CCCCCCCC(=O)N1N=C(C(F)(F)F)C[C@]1(O)c1ccc(CC)cc1. The fraction of sp³-hybridized carbons (Fsp3) is 0.600. The Morgan fingerprint density at radius 3 is 2.33 bits per heavy atom. The van der Waals surface area contributed by atoms with Gasteiger partial charge in [0.05, 0.1) is 6.42 Å². The Labute approximate surface area is 158 Å². The van der Waals surface area contributed by atoms with Crippen LogP contribution in [0.25, 0.3) is 0 Å². The van der Waals surface area contributed by atoms with Crippen LogP contribution in [0.5, 0.6) is 0 Å². The van der Waals surface area contributed by atoms with Gasteiger partial charge in [-0.05, 0) is 18.4 Å². The standard InChI is InChI=1S/C20H27F3N2O2/c1-3-5-6-7-8-9-18(26)25-19(27,14-17(24-25)20(21,22)23)16-12-10-15(4-2)11-13-16/h10-13,27H,3-9,14H2,1-2H3/t19-/m0/s1. The monoisotopic (exact) mass is 384 g/mol. The molecule has 0 radical (unpaired) electrons. The van der Waals surface area contributed by atoms with Crippen LogP contribution >= 0.6 is 0 Å². The highest BCUT2D eigenvalue weighted by molar-refractivity contribution is 5.94. The van der Waals surface area contributed by atoms with E-state index in [9.17, 15) is 23.1 Å². The van der Waals surface area contributed by atoms with Crippen molar-refractivity contribution in [2.75, 3.05) is 0 Å². The fourth-order valence-electron chi connectivity index (χ4n) is 3.18. The number of carbonyl (C=O) groups is 1. The molecule has 27 heavy (non-hydrogen) atoms. The van der Waals surface area contributed by atoms with Gasteiger partial charge >= 0.3 is 6.18 Å². The summed E-state index contributed by atoms with van der Waals surface area (Å²) in [6.07, 6.45) is -0.128. The van der Waals surface area contributed by atoms with Gasteiger partial charge < -0.3 is 5.11 Å². The van der Waals surface area contributed by atoms with Crippen molar-refractivity contribution in [2.45, 2.75) is 77.1 Å². The molecule has 1 amide bonds. The van der Waals surface area contributed by atoms with Crippen LogP contribution in [0, 0.1) is 0 Å². The third-order valence-electron chi connectivity index (χ3n) is 4.87. The van der Waals surface area contributed by atoms with E-state index in [2.05, 4.69) is 12.0 Å². The Morgan fingerprint density at radius 2 is 1.78 bits per heavy atom. The van der Waals surface area contributed by atoms with E-state index in [4.69, 9.17) is 0 Å². The van der Waals surface area contributed by atoms with Gasteiger partial charge in [0.15, 0.2) is 5.72 Å². The Bertz CT molecular complexity index is 671. The van der Waals surface area contributed by atoms with Gasteiger partial charge in [0.1, 0.15) is 5.71 Å². The van der Waals surface area contributed by atoms with E-state index in [1.54, 1.807) is 24.3 Å². The fourth-order valence-corrected chi connectivity index (χ4v) is 3.18. The van der Waals surface area contributed by atoms with Crippen LogP contribution in [0.15, 0.2) is 29.4 Å². The number of benzene rings is 1. The summed E-state index contributed by atoms with van der Waals surface area (Å²) in [6, 6.07) is 6.61. The number of carbonyl (C=O) groups excluding carboxylic acids is 1. The smallest absolute Gasteiger partial charge is 0.365 e. The van der Waals surface area contributed by atoms with Gasteiger partial charge in [-0.1, -0.05) is 63.8 Å². The summed E-state index contributed by atoms with van der Waals surface area (Å²) < 4.78 is 39.6. The first-order valence-electron chi connectivity index (χ1n) is 9.52. The summed E-state index contributed by atoms with van der Waals surface area (Å²) in [5.74, 6) is -0.590. The molecule has 0 bridgehead atoms. The van der Waals surface area contributed by atoms with Crippen molar-refractivity contribution in [2.24, 2.45) is 5.10 Å². The summed E-state index contributed by atoms with van der Waals surface area (Å²) >= 11 is 0. The minimum Gasteiger partial charge on any atom is -0.365 e. The lowest BCUT2D eigenvalue weighted by Crippen LogP contribution is -2.43. The van der Waals surface area contributed by atoms with Gasteiger partial charge in [-0.25, -0.2) is 0 Å². The number of hydrazone groups is 1. The highest BCUT2D eigenvalue weighted by Gasteiger charge is 2.52. The Kier molecular flexibility index (Phi) is 7.03.